The van der Waals surface area contributed by atoms with E-state index < -0.39 is 23.9 Å². The van der Waals surface area contributed by atoms with Crippen LogP contribution in [0.2, 0.25) is 0 Å². The number of carbonyl (C=O) groups excluding carboxylic acids is 2. The summed E-state index contributed by atoms with van der Waals surface area (Å²) < 4.78 is 48.2. The Hall–Kier alpha value is -2.71. The molecular weight excluding hydrogens is 329 g/mol. The number of amides is 1. The average molecular weight is 342 g/mol. The number of nitrogens with one attached hydrogen (secondary N) is 1. The molecule has 1 unspecified atom stereocenters. The minimum Gasteiger partial charge on any atom is -0.454 e. The third-order valence-electron chi connectivity index (χ3n) is 3.60. The van der Waals surface area contributed by atoms with E-state index in [2.05, 4.69) is 0 Å². The molecule has 1 amide bonds. The summed E-state index contributed by atoms with van der Waals surface area (Å²) in [6, 6.07) is 1.63. The highest BCUT2D eigenvalue weighted by molar-refractivity contribution is 6.15. The fourth-order valence-electron chi connectivity index (χ4n) is 2.63. The summed E-state index contributed by atoms with van der Waals surface area (Å²) in [5, 5.41) is 1.88. The molecule has 1 N–H and O–H groups in total. The molecule has 0 radical (unpaired) electrons. The predicted molar refractivity (Wildman–Crippen MR) is 75.6 cm³/mol. The second-order valence-electron chi connectivity index (χ2n) is 5.57. The number of rotatable bonds is 2. The maximum atomic E-state index is 12.6. The second-order valence-corrected chi connectivity index (χ2v) is 5.57. The lowest BCUT2D eigenvalue weighted by molar-refractivity contribution is -0.174. The Bertz CT molecular complexity index is 756. The van der Waals surface area contributed by atoms with Crippen LogP contribution in [0, 0.1) is 0 Å². The van der Waals surface area contributed by atoms with Gasteiger partial charge < -0.3 is 19.7 Å². The van der Waals surface area contributed by atoms with Gasteiger partial charge in [0.2, 0.25) is 6.79 Å². The standard InChI is InChI=1S/C15H13F3N2O4/c1-20(2)5-9-12(19-14(22)15(16,17)18)7-3-10-11(24-6-23-10)4-8(7)13(9)21/h3-5,12H,6H2,1-2H3,(H,19,22). The summed E-state index contributed by atoms with van der Waals surface area (Å²) in [4.78, 5) is 25.4. The van der Waals surface area contributed by atoms with Gasteiger partial charge in [-0.15, -0.1) is 0 Å². The summed E-state index contributed by atoms with van der Waals surface area (Å²) >= 11 is 0. The number of hydrogen-bond acceptors (Lipinski definition) is 5. The molecule has 1 aliphatic heterocycles. The number of halogens is 3. The second kappa shape index (κ2) is 5.43. The number of fused-ring (bicyclic) bond motifs is 2. The molecule has 128 valence electrons. The molecule has 2 aliphatic rings. The first-order valence-corrected chi connectivity index (χ1v) is 6.92. The lowest BCUT2D eigenvalue weighted by Crippen LogP contribution is -2.39. The number of Topliss-reactive ketones (excluding diaryl/α,β-unsaturated/α-hetero) is 1. The highest BCUT2D eigenvalue weighted by Crippen LogP contribution is 2.44. The summed E-state index contributed by atoms with van der Waals surface area (Å²) in [5.41, 5.74) is 0.464. The monoisotopic (exact) mass is 342 g/mol. The van der Waals surface area contributed by atoms with E-state index in [-0.39, 0.29) is 23.5 Å². The number of carbonyl (C=O) groups is 2. The van der Waals surface area contributed by atoms with E-state index >= 15 is 0 Å². The zero-order valence-electron chi connectivity index (χ0n) is 12.7. The number of alkyl halides is 3. The van der Waals surface area contributed by atoms with E-state index in [1.165, 1.54) is 23.2 Å². The molecule has 24 heavy (non-hydrogen) atoms. The van der Waals surface area contributed by atoms with Gasteiger partial charge >= 0.3 is 12.1 Å². The van der Waals surface area contributed by atoms with Crippen LogP contribution in [-0.2, 0) is 4.79 Å². The number of benzene rings is 1. The van der Waals surface area contributed by atoms with Crippen molar-refractivity contribution in [2.24, 2.45) is 0 Å². The van der Waals surface area contributed by atoms with Crippen molar-refractivity contribution in [1.82, 2.24) is 10.2 Å². The van der Waals surface area contributed by atoms with Crippen molar-refractivity contribution in [3.8, 4) is 11.5 Å². The van der Waals surface area contributed by atoms with Crippen molar-refractivity contribution in [2.75, 3.05) is 20.9 Å². The fourth-order valence-corrected chi connectivity index (χ4v) is 2.63. The Labute approximate surface area is 134 Å². The molecule has 1 heterocycles. The first-order chi connectivity index (χ1) is 11.2. The van der Waals surface area contributed by atoms with Gasteiger partial charge in [0.1, 0.15) is 0 Å². The van der Waals surface area contributed by atoms with Crippen LogP contribution >= 0.6 is 0 Å². The Morgan fingerprint density at radius 3 is 2.50 bits per heavy atom. The minimum atomic E-state index is -5.05. The van der Waals surface area contributed by atoms with Crippen LogP contribution in [0.25, 0.3) is 0 Å². The van der Waals surface area contributed by atoms with Crippen LogP contribution in [0.1, 0.15) is 22.0 Å². The van der Waals surface area contributed by atoms with Gasteiger partial charge in [0.05, 0.1) is 6.04 Å². The number of ether oxygens (including phenoxy) is 2. The number of ketones is 1. The van der Waals surface area contributed by atoms with Crippen LogP contribution in [0.15, 0.2) is 23.9 Å². The molecule has 0 aromatic heterocycles. The molecule has 0 bridgehead atoms. The van der Waals surface area contributed by atoms with E-state index in [0.29, 0.717) is 11.5 Å². The zero-order chi connectivity index (χ0) is 17.6. The van der Waals surface area contributed by atoms with Crippen molar-refractivity contribution < 1.29 is 32.2 Å². The van der Waals surface area contributed by atoms with Gasteiger partial charge in [0.25, 0.3) is 0 Å². The number of nitrogens with zero attached hydrogens (tertiary/aromatic N) is 1. The van der Waals surface area contributed by atoms with Crippen molar-refractivity contribution in [1.29, 1.82) is 0 Å². The lowest BCUT2D eigenvalue weighted by atomic mass is 10.1. The van der Waals surface area contributed by atoms with E-state index in [0.717, 1.165) is 0 Å². The van der Waals surface area contributed by atoms with Crippen molar-refractivity contribution in [3.63, 3.8) is 0 Å². The van der Waals surface area contributed by atoms with Gasteiger partial charge in [0, 0.05) is 31.4 Å². The Morgan fingerprint density at radius 1 is 1.29 bits per heavy atom. The van der Waals surface area contributed by atoms with Crippen molar-refractivity contribution >= 4 is 11.7 Å². The fraction of sp³-hybridized carbons (Fsp3) is 0.333. The third kappa shape index (κ3) is 2.66. The summed E-state index contributed by atoms with van der Waals surface area (Å²) in [7, 11) is 3.25. The molecule has 0 saturated heterocycles. The number of hydrogen-bond donors (Lipinski definition) is 1. The summed E-state index contributed by atoms with van der Waals surface area (Å²) in [6.07, 6.45) is -3.66. The predicted octanol–water partition coefficient (Wildman–Crippen LogP) is 1.78. The normalized spacial score (nSPS) is 20.3. The highest BCUT2D eigenvalue weighted by Gasteiger charge is 2.44. The molecule has 9 heteroatoms. The average Bonchev–Trinajstić information content (AvgIpc) is 3.02. The van der Waals surface area contributed by atoms with E-state index in [9.17, 15) is 22.8 Å². The zero-order valence-corrected chi connectivity index (χ0v) is 12.7. The van der Waals surface area contributed by atoms with Gasteiger partial charge in [-0.25, -0.2) is 0 Å². The van der Waals surface area contributed by atoms with E-state index in [4.69, 9.17) is 9.47 Å². The molecule has 3 rings (SSSR count). The smallest absolute Gasteiger partial charge is 0.454 e. The van der Waals surface area contributed by atoms with E-state index in [1.807, 2.05) is 5.32 Å². The van der Waals surface area contributed by atoms with Gasteiger partial charge in [0.15, 0.2) is 17.3 Å². The van der Waals surface area contributed by atoms with Crippen LogP contribution in [-0.4, -0.2) is 43.7 Å². The van der Waals surface area contributed by atoms with Gasteiger partial charge in [-0.3, -0.25) is 9.59 Å². The largest absolute Gasteiger partial charge is 0.471 e. The Morgan fingerprint density at radius 2 is 1.92 bits per heavy atom. The third-order valence-corrected chi connectivity index (χ3v) is 3.60. The van der Waals surface area contributed by atoms with Crippen molar-refractivity contribution in [3.05, 3.63) is 35.0 Å². The maximum Gasteiger partial charge on any atom is 0.471 e. The molecule has 1 atom stereocenters. The topological polar surface area (TPSA) is 67.9 Å². The Kier molecular flexibility index (Phi) is 3.66. The van der Waals surface area contributed by atoms with Crippen LogP contribution < -0.4 is 14.8 Å². The first-order valence-electron chi connectivity index (χ1n) is 6.92. The van der Waals surface area contributed by atoms with Gasteiger partial charge in [-0.2, -0.15) is 13.2 Å². The van der Waals surface area contributed by atoms with Crippen molar-refractivity contribution in [2.45, 2.75) is 12.2 Å². The quantitative estimate of drug-likeness (QED) is 0.830. The summed E-state index contributed by atoms with van der Waals surface area (Å²) in [6.45, 7) is -0.0353. The molecule has 0 saturated carbocycles. The molecule has 1 aliphatic carbocycles. The molecule has 0 spiro atoms. The molecule has 1 aromatic rings. The molecule has 0 fully saturated rings. The molecular formula is C15H13F3N2O4. The van der Waals surface area contributed by atoms with Crippen LogP contribution in [0.5, 0.6) is 11.5 Å². The highest BCUT2D eigenvalue weighted by atomic mass is 19.4. The lowest BCUT2D eigenvalue weighted by Gasteiger charge is -2.18. The minimum absolute atomic E-state index is 0.0353. The van der Waals surface area contributed by atoms with E-state index in [1.54, 1.807) is 14.1 Å². The Balaban J connectivity index is 2.07. The summed E-state index contributed by atoms with van der Waals surface area (Å²) in [5.74, 6) is -1.92. The molecule has 1 aromatic carbocycles. The molecule has 6 nitrogen and oxygen atoms in total. The maximum absolute atomic E-state index is 12.6. The van der Waals surface area contributed by atoms with Crippen LogP contribution in [0.4, 0.5) is 13.2 Å². The first kappa shape index (κ1) is 16.2. The van der Waals surface area contributed by atoms with Gasteiger partial charge in [-0.05, 0) is 17.7 Å². The van der Waals surface area contributed by atoms with Gasteiger partial charge in [-0.1, -0.05) is 0 Å². The van der Waals surface area contributed by atoms with Crippen LogP contribution in [0.3, 0.4) is 0 Å². The SMILES string of the molecule is CN(C)C=C1C(=O)c2cc3c(cc2C1NC(=O)C(F)(F)F)OCO3.